The fraction of sp³-hybridized carbons (Fsp3) is 0.881. The van der Waals surface area contributed by atoms with Crippen LogP contribution < -0.4 is 0 Å². The summed E-state index contributed by atoms with van der Waals surface area (Å²) in [6.45, 7) is 18.4. The van der Waals surface area contributed by atoms with Crippen molar-refractivity contribution in [3.63, 3.8) is 0 Å². The van der Waals surface area contributed by atoms with Crippen LogP contribution in [0.4, 0.5) is 0 Å². The number of terminal acetylenes is 1. The Bertz CT molecular complexity index is 1320. The molecule has 3 rings (SSSR count). The number of methoxy groups -OCH3 is 1. The molecule has 14 nitrogen and oxygen atoms in total. The average molecular weight is 799 g/mol. The van der Waals surface area contributed by atoms with Crippen molar-refractivity contribution in [2.45, 2.75) is 185 Å². The fourth-order valence-electron chi connectivity index (χ4n) is 9.08. The highest BCUT2D eigenvalue weighted by molar-refractivity contribution is 5.73. The van der Waals surface area contributed by atoms with Crippen LogP contribution in [0.5, 0.6) is 0 Å². The molecule has 3 heterocycles. The second-order valence-corrected chi connectivity index (χ2v) is 17.7. The van der Waals surface area contributed by atoms with Gasteiger partial charge in [-0.05, 0) is 93.8 Å². The molecule has 0 aliphatic carbocycles. The van der Waals surface area contributed by atoms with Crippen molar-refractivity contribution >= 4 is 5.97 Å². The normalized spacial score (nSPS) is 46.9. The summed E-state index contributed by atoms with van der Waals surface area (Å²) in [5, 5.41) is 58.7. The SMILES string of the molecule is C#C/C=C/CN(C)[C@H]1C[C@@H](C)O[C@@H](O[C@@H]2[C@@H](C)[C@H](O[C@@H]3C[C@@](C)(OC)[C@@H](O)[C@H](C)O3)[C@@H](C)C(=O)O[C@H](CC)[C@@](C)(O)[C@H](O)[C@@H](C)N(C)C[C@H](C)C[C@@]2(C)O)[C@@H]1O. The van der Waals surface area contributed by atoms with Gasteiger partial charge in [0.05, 0.1) is 41.5 Å². The highest BCUT2D eigenvalue weighted by Crippen LogP contribution is 2.40. The molecule has 0 spiro atoms. The van der Waals surface area contributed by atoms with Gasteiger partial charge in [-0.1, -0.05) is 32.8 Å². The molecule has 324 valence electrons. The first kappa shape index (κ1) is 48.7. The molecule has 3 saturated heterocycles. The first-order chi connectivity index (χ1) is 25.9. The summed E-state index contributed by atoms with van der Waals surface area (Å²) in [4.78, 5) is 18.2. The summed E-state index contributed by atoms with van der Waals surface area (Å²) in [5.41, 5.74) is -4.45. The van der Waals surface area contributed by atoms with Crippen molar-refractivity contribution in [1.29, 1.82) is 0 Å². The van der Waals surface area contributed by atoms with Gasteiger partial charge in [-0.3, -0.25) is 9.69 Å². The topological polar surface area (TPSA) is 180 Å². The maximum Gasteiger partial charge on any atom is 0.311 e. The van der Waals surface area contributed by atoms with E-state index < -0.39 is 96.0 Å². The van der Waals surface area contributed by atoms with Crippen molar-refractivity contribution in [3.8, 4) is 12.3 Å². The predicted molar refractivity (Wildman–Crippen MR) is 211 cm³/mol. The molecule has 5 N–H and O–H groups in total. The summed E-state index contributed by atoms with van der Waals surface area (Å²) in [5.74, 6) is -0.198. The van der Waals surface area contributed by atoms with Crippen molar-refractivity contribution in [1.82, 2.24) is 9.80 Å². The lowest BCUT2D eigenvalue weighted by atomic mass is 9.77. The zero-order valence-corrected chi connectivity index (χ0v) is 36.1. The number of likely N-dealkylation sites (N-methyl/N-ethyl adjacent to an activating group) is 2. The van der Waals surface area contributed by atoms with E-state index in [4.69, 9.17) is 34.8 Å². The number of aliphatic hydroxyl groups is 5. The molecule has 3 fully saturated rings. The molecule has 0 bridgehead atoms. The molecule has 3 aliphatic heterocycles. The lowest BCUT2D eigenvalue weighted by Crippen LogP contribution is -2.60. The third kappa shape index (κ3) is 11.3. The molecule has 0 amide bonds. The van der Waals surface area contributed by atoms with Crippen LogP contribution in [0.2, 0.25) is 0 Å². The van der Waals surface area contributed by atoms with E-state index >= 15 is 0 Å². The van der Waals surface area contributed by atoms with E-state index in [9.17, 15) is 30.3 Å². The number of hydrogen-bond donors (Lipinski definition) is 5. The summed E-state index contributed by atoms with van der Waals surface area (Å²) in [7, 11) is 5.22. The minimum absolute atomic E-state index is 0.117. The van der Waals surface area contributed by atoms with Crippen LogP contribution in [0.25, 0.3) is 0 Å². The standard InChI is InChI=1S/C42H74N2O12/c1-15-17-18-19-43(12)30-20-25(4)52-39(33(30)45)56-37-26(5)34(55-32-22-41(10,51-14)36(47)29(8)53-32)27(6)38(48)54-31(16-2)42(11,50)35(46)28(7)44(13)23-24(3)21-40(37,9)49/h1,17-18,24-37,39,45-47,49-50H,16,19-23H2,2-14H3/b18-17+/t24-,25-,26+,27-,28-,29+,30+,31-,32-,33-,34+,35-,36+,37-,39+,40-,41-,42-/m1/s1. The largest absolute Gasteiger partial charge is 0.459 e. The predicted octanol–water partition coefficient (Wildman–Crippen LogP) is 2.46. The number of esters is 1. The van der Waals surface area contributed by atoms with Crippen LogP contribution in [-0.4, -0.2) is 166 Å². The number of allylic oxidation sites excluding steroid dienone is 1. The number of aliphatic hydroxyl groups excluding tert-OH is 3. The van der Waals surface area contributed by atoms with Gasteiger partial charge in [0.1, 0.15) is 30.0 Å². The Balaban J connectivity index is 2.17. The molecular weight excluding hydrogens is 724 g/mol. The van der Waals surface area contributed by atoms with E-state index in [-0.39, 0.29) is 37.3 Å². The average Bonchev–Trinajstić information content (AvgIpc) is 3.12. The number of carbonyl (C=O) groups excluding carboxylic acids is 1. The first-order valence-corrected chi connectivity index (χ1v) is 20.3. The van der Waals surface area contributed by atoms with Crippen LogP contribution in [-0.2, 0) is 33.2 Å². The Labute approximate surface area is 335 Å². The van der Waals surface area contributed by atoms with E-state index in [1.807, 2.05) is 50.7 Å². The van der Waals surface area contributed by atoms with Crippen LogP contribution in [0, 0.1) is 30.1 Å². The van der Waals surface area contributed by atoms with Crippen molar-refractivity contribution in [3.05, 3.63) is 12.2 Å². The van der Waals surface area contributed by atoms with Crippen LogP contribution in [0.15, 0.2) is 12.2 Å². The van der Waals surface area contributed by atoms with Crippen LogP contribution >= 0.6 is 0 Å². The third-order valence-electron chi connectivity index (χ3n) is 12.7. The maximum absolute atomic E-state index is 14.3. The van der Waals surface area contributed by atoms with E-state index in [2.05, 4.69) is 5.92 Å². The van der Waals surface area contributed by atoms with Gasteiger partial charge >= 0.3 is 5.97 Å². The number of carbonyl (C=O) groups is 1. The van der Waals surface area contributed by atoms with E-state index in [1.54, 1.807) is 47.6 Å². The number of hydrogen-bond acceptors (Lipinski definition) is 14. The minimum atomic E-state index is -1.82. The smallest absolute Gasteiger partial charge is 0.311 e. The van der Waals surface area contributed by atoms with Crippen molar-refractivity contribution in [2.75, 3.05) is 34.3 Å². The first-order valence-electron chi connectivity index (χ1n) is 20.3. The van der Waals surface area contributed by atoms with E-state index in [1.165, 1.54) is 14.0 Å². The molecule has 18 atom stereocenters. The molecule has 56 heavy (non-hydrogen) atoms. The number of nitrogens with zero attached hydrogens (tertiary/aromatic N) is 2. The van der Waals surface area contributed by atoms with Crippen molar-refractivity contribution < 1.29 is 58.7 Å². The van der Waals surface area contributed by atoms with Gasteiger partial charge in [-0.25, -0.2) is 0 Å². The second-order valence-electron chi connectivity index (χ2n) is 17.7. The van der Waals surface area contributed by atoms with Crippen LogP contribution in [0.3, 0.4) is 0 Å². The summed E-state index contributed by atoms with van der Waals surface area (Å²) in [6.07, 6.45) is 0.187. The van der Waals surface area contributed by atoms with Gasteiger partial charge < -0.3 is 58.9 Å². The molecule has 0 aromatic heterocycles. The lowest BCUT2D eigenvalue weighted by Gasteiger charge is -2.49. The van der Waals surface area contributed by atoms with Crippen LogP contribution in [0.1, 0.15) is 94.9 Å². The number of rotatable bonds is 9. The Morgan fingerprint density at radius 2 is 1.66 bits per heavy atom. The monoisotopic (exact) mass is 799 g/mol. The van der Waals surface area contributed by atoms with Gasteiger partial charge in [-0.2, -0.15) is 0 Å². The number of ether oxygens (including phenoxy) is 6. The molecule has 0 radical (unpaired) electrons. The molecule has 0 aromatic carbocycles. The molecule has 0 saturated carbocycles. The quantitative estimate of drug-likeness (QED) is 0.170. The van der Waals surface area contributed by atoms with Gasteiger partial charge in [0.2, 0.25) is 0 Å². The Morgan fingerprint density at radius 3 is 2.25 bits per heavy atom. The zero-order valence-electron chi connectivity index (χ0n) is 36.1. The van der Waals surface area contributed by atoms with E-state index in [0.717, 1.165) is 0 Å². The van der Waals surface area contributed by atoms with Gasteiger partial charge in [0.25, 0.3) is 0 Å². The molecule has 0 aromatic rings. The Hall–Kier alpha value is -1.71. The Kier molecular flexibility index (Phi) is 17.4. The minimum Gasteiger partial charge on any atom is -0.459 e. The van der Waals surface area contributed by atoms with E-state index in [0.29, 0.717) is 19.5 Å². The summed E-state index contributed by atoms with van der Waals surface area (Å²) < 4.78 is 37.8. The second kappa shape index (κ2) is 20.0. The van der Waals surface area contributed by atoms with Crippen molar-refractivity contribution in [2.24, 2.45) is 17.8 Å². The molecule has 3 aliphatic rings. The van der Waals surface area contributed by atoms with Gasteiger partial charge in [-0.15, -0.1) is 6.42 Å². The van der Waals surface area contributed by atoms with Gasteiger partial charge in [0, 0.05) is 44.6 Å². The molecule has 0 unspecified atom stereocenters. The molecular formula is C42H74N2O12. The number of cyclic esters (lactones) is 1. The summed E-state index contributed by atoms with van der Waals surface area (Å²) >= 11 is 0. The highest BCUT2D eigenvalue weighted by atomic mass is 16.7. The lowest BCUT2D eigenvalue weighted by molar-refractivity contribution is -0.318. The third-order valence-corrected chi connectivity index (χ3v) is 12.7. The molecule has 14 heteroatoms. The maximum atomic E-state index is 14.3. The fourth-order valence-corrected chi connectivity index (χ4v) is 9.08. The van der Waals surface area contributed by atoms with Gasteiger partial charge in [0.15, 0.2) is 12.6 Å². The zero-order chi connectivity index (χ0) is 42.5. The highest BCUT2D eigenvalue weighted by Gasteiger charge is 2.52. The Morgan fingerprint density at radius 1 is 1.02 bits per heavy atom. The summed E-state index contributed by atoms with van der Waals surface area (Å²) in [6, 6.07) is -0.925.